The molecule has 6 heteroatoms. The zero-order valence-corrected chi connectivity index (χ0v) is 16.1. The second kappa shape index (κ2) is 7.76. The van der Waals surface area contributed by atoms with E-state index in [1.54, 1.807) is 11.3 Å². The van der Waals surface area contributed by atoms with Crippen molar-refractivity contribution in [2.45, 2.75) is 58.2 Å². The Balaban J connectivity index is 1.35. The van der Waals surface area contributed by atoms with E-state index in [1.807, 2.05) is 0 Å². The van der Waals surface area contributed by atoms with Gasteiger partial charge < -0.3 is 5.32 Å². The normalized spacial score (nSPS) is 17.9. The molecule has 0 radical (unpaired) electrons. The minimum Gasteiger partial charge on any atom is -0.335 e. The van der Waals surface area contributed by atoms with E-state index in [0.29, 0.717) is 6.04 Å². The predicted octanol–water partition coefficient (Wildman–Crippen LogP) is 4.07. The number of amides is 2. The number of carbonyl (C=O) groups excluding carboxylic acids is 1. The molecule has 1 saturated carbocycles. The van der Waals surface area contributed by atoms with E-state index >= 15 is 0 Å². The third kappa shape index (κ3) is 4.24. The summed E-state index contributed by atoms with van der Waals surface area (Å²) < 4.78 is 0. The monoisotopic (exact) mass is 370 g/mol. The average molecular weight is 371 g/mol. The van der Waals surface area contributed by atoms with E-state index in [2.05, 4.69) is 51.7 Å². The van der Waals surface area contributed by atoms with Crippen LogP contribution in [0.1, 0.15) is 47.4 Å². The SMILES string of the molecule is Cc1cccc(CN2CCc3nc(NC(=O)NC4CCCC4)sc3C2)c1. The van der Waals surface area contributed by atoms with Gasteiger partial charge in [-0.2, -0.15) is 0 Å². The third-order valence-corrected chi connectivity index (χ3v) is 6.21. The lowest BCUT2D eigenvalue weighted by Crippen LogP contribution is -2.36. The number of aromatic nitrogens is 1. The summed E-state index contributed by atoms with van der Waals surface area (Å²) >= 11 is 1.61. The summed E-state index contributed by atoms with van der Waals surface area (Å²) in [5.41, 5.74) is 3.80. The summed E-state index contributed by atoms with van der Waals surface area (Å²) in [5, 5.41) is 6.72. The Bertz CT molecular complexity index is 782. The topological polar surface area (TPSA) is 57.3 Å². The quantitative estimate of drug-likeness (QED) is 0.853. The number of anilines is 1. The first kappa shape index (κ1) is 17.5. The Labute approximate surface area is 158 Å². The van der Waals surface area contributed by atoms with Crippen molar-refractivity contribution in [2.24, 2.45) is 0 Å². The first-order valence-electron chi connectivity index (χ1n) is 9.50. The molecule has 2 N–H and O–H groups in total. The fraction of sp³-hybridized carbons (Fsp3) is 0.500. The number of hydrogen-bond acceptors (Lipinski definition) is 4. The van der Waals surface area contributed by atoms with E-state index < -0.39 is 0 Å². The average Bonchev–Trinajstić information content (AvgIpc) is 3.23. The molecule has 2 aliphatic rings. The molecule has 0 bridgehead atoms. The number of fused-ring (bicyclic) bond motifs is 1. The lowest BCUT2D eigenvalue weighted by Gasteiger charge is -2.25. The number of urea groups is 1. The van der Waals surface area contributed by atoms with Gasteiger partial charge in [-0.05, 0) is 25.3 Å². The Morgan fingerprint density at radius 2 is 2.19 bits per heavy atom. The molecule has 2 heterocycles. The van der Waals surface area contributed by atoms with Crippen LogP contribution in [-0.2, 0) is 19.5 Å². The highest BCUT2D eigenvalue weighted by atomic mass is 32.1. The van der Waals surface area contributed by atoms with Crippen LogP contribution in [0.25, 0.3) is 0 Å². The van der Waals surface area contributed by atoms with Crippen molar-refractivity contribution in [1.82, 2.24) is 15.2 Å². The Morgan fingerprint density at radius 3 is 3.00 bits per heavy atom. The van der Waals surface area contributed by atoms with Crippen molar-refractivity contribution in [2.75, 3.05) is 11.9 Å². The molecule has 0 unspecified atom stereocenters. The molecule has 1 aromatic heterocycles. The van der Waals surface area contributed by atoms with Gasteiger partial charge in [0.25, 0.3) is 0 Å². The Kier molecular flexibility index (Phi) is 5.22. The van der Waals surface area contributed by atoms with E-state index in [1.165, 1.54) is 28.8 Å². The van der Waals surface area contributed by atoms with Crippen molar-refractivity contribution in [3.05, 3.63) is 46.0 Å². The fourth-order valence-corrected chi connectivity index (χ4v) is 4.94. The van der Waals surface area contributed by atoms with Crippen molar-refractivity contribution in [1.29, 1.82) is 0 Å². The summed E-state index contributed by atoms with van der Waals surface area (Å²) in [6.45, 7) is 5.02. The number of rotatable bonds is 4. The van der Waals surface area contributed by atoms with Gasteiger partial charge in [0.1, 0.15) is 0 Å². The van der Waals surface area contributed by atoms with Crippen LogP contribution in [-0.4, -0.2) is 28.5 Å². The van der Waals surface area contributed by atoms with Crippen molar-refractivity contribution in [3.8, 4) is 0 Å². The molecule has 1 aromatic carbocycles. The zero-order chi connectivity index (χ0) is 17.9. The van der Waals surface area contributed by atoms with Crippen LogP contribution in [0.2, 0.25) is 0 Å². The zero-order valence-electron chi connectivity index (χ0n) is 15.3. The molecular weight excluding hydrogens is 344 g/mol. The summed E-state index contributed by atoms with van der Waals surface area (Å²) in [7, 11) is 0. The van der Waals surface area contributed by atoms with Crippen LogP contribution < -0.4 is 10.6 Å². The molecule has 1 aliphatic heterocycles. The number of benzene rings is 1. The van der Waals surface area contributed by atoms with Gasteiger partial charge in [0, 0.05) is 37.0 Å². The number of thiazole rings is 1. The van der Waals surface area contributed by atoms with E-state index in [9.17, 15) is 4.79 Å². The molecule has 0 spiro atoms. The van der Waals surface area contributed by atoms with Gasteiger partial charge in [-0.15, -0.1) is 11.3 Å². The van der Waals surface area contributed by atoms with Gasteiger partial charge in [-0.1, -0.05) is 42.7 Å². The first-order chi connectivity index (χ1) is 12.7. The number of nitrogens with zero attached hydrogens (tertiary/aromatic N) is 2. The third-order valence-electron chi connectivity index (χ3n) is 5.21. The van der Waals surface area contributed by atoms with Gasteiger partial charge in [-0.25, -0.2) is 9.78 Å². The maximum Gasteiger partial charge on any atom is 0.321 e. The molecule has 1 aliphatic carbocycles. The molecule has 0 saturated heterocycles. The van der Waals surface area contributed by atoms with Gasteiger partial charge in [0.15, 0.2) is 5.13 Å². The molecule has 138 valence electrons. The molecule has 1 fully saturated rings. The standard InChI is InChI=1S/C20H26N4OS/c1-14-5-4-6-15(11-14)12-24-10-9-17-18(13-24)26-20(22-17)23-19(25)21-16-7-2-3-8-16/h4-6,11,16H,2-3,7-10,12-13H2,1H3,(H2,21,22,23,25). The van der Waals surface area contributed by atoms with Crippen LogP contribution in [0.4, 0.5) is 9.93 Å². The van der Waals surface area contributed by atoms with Gasteiger partial charge in [0.2, 0.25) is 0 Å². The number of aryl methyl sites for hydroxylation is 1. The first-order valence-corrected chi connectivity index (χ1v) is 10.3. The van der Waals surface area contributed by atoms with Crippen LogP contribution in [0.3, 0.4) is 0 Å². The van der Waals surface area contributed by atoms with Crippen molar-refractivity contribution < 1.29 is 4.79 Å². The lowest BCUT2D eigenvalue weighted by molar-refractivity contribution is 0.247. The van der Waals surface area contributed by atoms with E-state index in [4.69, 9.17) is 0 Å². The second-order valence-corrected chi connectivity index (χ2v) is 8.50. The molecule has 4 rings (SSSR count). The molecule has 0 atom stereocenters. The molecule has 2 aromatic rings. The highest BCUT2D eigenvalue weighted by Gasteiger charge is 2.22. The van der Waals surface area contributed by atoms with Crippen LogP contribution in [0.5, 0.6) is 0 Å². The molecular formula is C20H26N4OS. The molecule has 5 nitrogen and oxygen atoms in total. The van der Waals surface area contributed by atoms with Crippen molar-refractivity contribution >= 4 is 22.5 Å². The highest BCUT2D eigenvalue weighted by molar-refractivity contribution is 7.15. The number of hydrogen-bond donors (Lipinski definition) is 2. The van der Waals surface area contributed by atoms with Gasteiger partial charge in [-0.3, -0.25) is 10.2 Å². The Morgan fingerprint density at radius 1 is 1.35 bits per heavy atom. The molecule has 26 heavy (non-hydrogen) atoms. The minimum absolute atomic E-state index is 0.111. The number of nitrogens with one attached hydrogen (secondary N) is 2. The summed E-state index contributed by atoms with van der Waals surface area (Å²) in [6, 6.07) is 8.92. The predicted molar refractivity (Wildman–Crippen MR) is 106 cm³/mol. The number of carbonyl (C=O) groups is 1. The van der Waals surface area contributed by atoms with Gasteiger partial charge in [0.05, 0.1) is 5.69 Å². The van der Waals surface area contributed by atoms with Crippen LogP contribution in [0.15, 0.2) is 24.3 Å². The fourth-order valence-electron chi connectivity index (χ4n) is 3.89. The van der Waals surface area contributed by atoms with E-state index in [-0.39, 0.29) is 6.03 Å². The van der Waals surface area contributed by atoms with Crippen molar-refractivity contribution in [3.63, 3.8) is 0 Å². The summed E-state index contributed by atoms with van der Waals surface area (Å²) in [5.74, 6) is 0. The lowest BCUT2D eigenvalue weighted by atomic mass is 10.1. The maximum atomic E-state index is 12.2. The summed E-state index contributed by atoms with van der Waals surface area (Å²) in [6.07, 6.45) is 5.57. The largest absolute Gasteiger partial charge is 0.335 e. The maximum absolute atomic E-state index is 12.2. The van der Waals surface area contributed by atoms with Gasteiger partial charge >= 0.3 is 6.03 Å². The smallest absolute Gasteiger partial charge is 0.321 e. The van der Waals surface area contributed by atoms with Crippen LogP contribution in [0, 0.1) is 6.92 Å². The van der Waals surface area contributed by atoms with Crippen LogP contribution >= 0.6 is 11.3 Å². The summed E-state index contributed by atoms with van der Waals surface area (Å²) in [4.78, 5) is 20.5. The Hall–Kier alpha value is -1.92. The minimum atomic E-state index is -0.111. The highest BCUT2D eigenvalue weighted by Crippen LogP contribution is 2.29. The van der Waals surface area contributed by atoms with E-state index in [0.717, 1.165) is 49.7 Å². The molecule has 2 amide bonds. The second-order valence-electron chi connectivity index (χ2n) is 7.42.